The van der Waals surface area contributed by atoms with Crippen LogP contribution in [0.5, 0.6) is 0 Å². The van der Waals surface area contributed by atoms with E-state index in [4.69, 9.17) is 11.6 Å². The molecule has 2 amide bonds. The molecule has 7 heteroatoms. The van der Waals surface area contributed by atoms with Crippen molar-refractivity contribution < 1.29 is 14.0 Å². The molecular weight excluding hydrogens is 357 g/mol. The van der Waals surface area contributed by atoms with Gasteiger partial charge in [-0.15, -0.1) is 0 Å². The number of carbonyl (C=O) groups is 2. The van der Waals surface area contributed by atoms with E-state index in [2.05, 4.69) is 15.6 Å². The molecule has 3 rings (SSSR count). The molecule has 0 radical (unpaired) electrons. The molecule has 2 N–H and O–H groups in total. The second kappa shape index (κ2) is 7.09. The van der Waals surface area contributed by atoms with Gasteiger partial charge >= 0.3 is 0 Å². The summed E-state index contributed by atoms with van der Waals surface area (Å²) in [5.74, 6) is -1.17. The van der Waals surface area contributed by atoms with Crippen molar-refractivity contribution in [1.29, 1.82) is 0 Å². The van der Waals surface area contributed by atoms with Gasteiger partial charge in [0.25, 0.3) is 11.8 Å². The summed E-state index contributed by atoms with van der Waals surface area (Å²) in [5.41, 5.74) is 2.03. The summed E-state index contributed by atoms with van der Waals surface area (Å²) in [6, 6.07) is 10.3. The smallest absolute Gasteiger partial charge is 0.256 e. The van der Waals surface area contributed by atoms with E-state index >= 15 is 0 Å². The molecule has 5 nitrogen and oxygen atoms in total. The highest BCUT2D eigenvalue weighted by molar-refractivity contribution is 6.34. The lowest BCUT2D eigenvalue weighted by Crippen LogP contribution is -2.19. The van der Waals surface area contributed by atoms with Crippen molar-refractivity contribution >= 4 is 40.0 Å². The van der Waals surface area contributed by atoms with Gasteiger partial charge in [-0.2, -0.15) is 0 Å². The molecule has 0 fully saturated rings. The van der Waals surface area contributed by atoms with Gasteiger partial charge in [-0.25, -0.2) is 4.39 Å². The number of hydrogen-bond donors (Lipinski definition) is 2. The lowest BCUT2D eigenvalue weighted by atomic mass is 10.1. The van der Waals surface area contributed by atoms with Crippen molar-refractivity contribution in [2.24, 2.45) is 0 Å². The first kappa shape index (κ1) is 17.8. The monoisotopic (exact) mass is 371 g/mol. The van der Waals surface area contributed by atoms with Gasteiger partial charge in [0.05, 0.1) is 21.7 Å². The van der Waals surface area contributed by atoms with E-state index in [1.165, 1.54) is 37.4 Å². The molecule has 1 aromatic heterocycles. The Kier molecular flexibility index (Phi) is 4.86. The number of pyridine rings is 1. The van der Waals surface area contributed by atoms with Crippen molar-refractivity contribution in [3.63, 3.8) is 0 Å². The highest BCUT2D eigenvalue weighted by atomic mass is 35.5. The highest BCUT2D eigenvalue weighted by Crippen LogP contribution is 2.23. The molecule has 0 bridgehead atoms. The predicted molar refractivity (Wildman–Crippen MR) is 99.2 cm³/mol. The predicted octanol–water partition coefficient (Wildman–Crippen LogP) is 3.95. The van der Waals surface area contributed by atoms with Gasteiger partial charge in [0.1, 0.15) is 5.82 Å². The van der Waals surface area contributed by atoms with Crippen LogP contribution in [0.25, 0.3) is 10.9 Å². The lowest BCUT2D eigenvalue weighted by Gasteiger charge is -2.11. The molecule has 0 spiro atoms. The van der Waals surface area contributed by atoms with Crippen molar-refractivity contribution in [1.82, 2.24) is 10.3 Å². The molecule has 0 aliphatic heterocycles. The number of carbonyl (C=O) groups excluding carboxylic acids is 2. The number of nitrogens with zero attached hydrogens (tertiary/aromatic N) is 1. The zero-order valence-corrected chi connectivity index (χ0v) is 14.8. The molecule has 0 saturated heterocycles. The largest absolute Gasteiger partial charge is 0.355 e. The van der Waals surface area contributed by atoms with E-state index in [-0.39, 0.29) is 16.5 Å². The molecular formula is C19H15ClFN3O2. The molecule has 2 aromatic carbocycles. The Morgan fingerprint density at radius 1 is 1.04 bits per heavy atom. The van der Waals surface area contributed by atoms with Crippen LogP contribution in [-0.4, -0.2) is 23.8 Å². The van der Waals surface area contributed by atoms with E-state index in [0.717, 1.165) is 0 Å². The molecule has 0 aliphatic carbocycles. The number of fused-ring (bicyclic) bond motifs is 1. The first-order valence-electron chi connectivity index (χ1n) is 7.79. The fourth-order valence-corrected chi connectivity index (χ4v) is 2.84. The molecule has 132 valence electrons. The maximum atomic E-state index is 13.4. The summed E-state index contributed by atoms with van der Waals surface area (Å²) in [6.45, 7) is 1.73. The number of aryl methyl sites for hydroxylation is 1. The Hall–Kier alpha value is -2.99. The molecule has 0 unspecified atom stereocenters. The number of anilines is 1. The number of benzene rings is 2. The van der Waals surface area contributed by atoms with Crippen LogP contribution in [0, 0.1) is 12.7 Å². The third-order valence-electron chi connectivity index (χ3n) is 3.84. The van der Waals surface area contributed by atoms with Crippen molar-refractivity contribution in [3.8, 4) is 0 Å². The Bertz CT molecular complexity index is 1030. The molecule has 0 atom stereocenters. The summed E-state index contributed by atoms with van der Waals surface area (Å²) < 4.78 is 13.4. The first-order chi connectivity index (χ1) is 12.4. The quantitative estimate of drug-likeness (QED) is 0.732. The van der Waals surface area contributed by atoms with E-state index in [0.29, 0.717) is 27.8 Å². The van der Waals surface area contributed by atoms with Crippen LogP contribution in [0.1, 0.15) is 26.4 Å². The third-order valence-corrected chi connectivity index (χ3v) is 4.17. The average Bonchev–Trinajstić information content (AvgIpc) is 2.61. The van der Waals surface area contributed by atoms with Gasteiger partial charge in [0, 0.05) is 29.9 Å². The van der Waals surface area contributed by atoms with Crippen LogP contribution >= 0.6 is 11.6 Å². The summed E-state index contributed by atoms with van der Waals surface area (Å²) in [4.78, 5) is 28.8. The van der Waals surface area contributed by atoms with Crippen molar-refractivity contribution in [3.05, 3.63) is 70.1 Å². The van der Waals surface area contributed by atoms with E-state index < -0.39 is 11.7 Å². The zero-order chi connectivity index (χ0) is 18.8. The number of aromatic nitrogens is 1. The minimum Gasteiger partial charge on any atom is -0.355 e. The summed E-state index contributed by atoms with van der Waals surface area (Å²) in [6.07, 6.45) is 0. The SMILES string of the molecule is CNC(=O)c1cc(NC(=O)c2cc(C)nc3cc(F)ccc23)ccc1Cl. The number of amides is 2. The normalized spacial score (nSPS) is 10.6. The average molecular weight is 372 g/mol. The lowest BCUT2D eigenvalue weighted by molar-refractivity contribution is 0.0961. The van der Waals surface area contributed by atoms with Crippen molar-refractivity contribution in [2.45, 2.75) is 6.92 Å². The molecule has 26 heavy (non-hydrogen) atoms. The van der Waals surface area contributed by atoms with E-state index in [9.17, 15) is 14.0 Å². The Labute approximate surface area is 154 Å². The van der Waals surface area contributed by atoms with Gasteiger partial charge in [-0.3, -0.25) is 14.6 Å². The number of hydrogen-bond acceptors (Lipinski definition) is 3. The first-order valence-corrected chi connectivity index (χ1v) is 8.16. The number of halogens is 2. The van der Waals surface area contributed by atoms with Crippen LogP contribution < -0.4 is 10.6 Å². The van der Waals surface area contributed by atoms with Gasteiger partial charge in [0.2, 0.25) is 0 Å². The third kappa shape index (κ3) is 3.50. The van der Waals surface area contributed by atoms with Crippen LogP contribution in [-0.2, 0) is 0 Å². The number of rotatable bonds is 3. The summed E-state index contributed by atoms with van der Waals surface area (Å²) in [5, 5.41) is 6.05. The summed E-state index contributed by atoms with van der Waals surface area (Å²) >= 11 is 6.02. The van der Waals surface area contributed by atoms with E-state index in [1.807, 2.05) is 0 Å². The zero-order valence-electron chi connectivity index (χ0n) is 14.1. The van der Waals surface area contributed by atoms with Crippen LogP contribution in [0.3, 0.4) is 0 Å². The van der Waals surface area contributed by atoms with Gasteiger partial charge in [-0.1, -0.05) is 11.6 Å². The fourth-order valence-electron chi connectivity index (χ4n) is 2.63. The van der Waals surface area contributed by atoms with Crippen LogP contribution in [0.15, 0.2) is 42.5 Å². The second-order valence-corrected chi connectivity index (χ2v) is 6.11. The topological polar surface area (TPSA) is 71.1 Å². The van der Waals surface area contributed by atoms with Crippen molar-refractivity contribution in [2.75, 3.05) is 12.4 Å². The Morgan fingerprint density at radius 3 is 2.54 bits per heavy atom. The van der Waals surface area contributed by atoms with Crippen LogP contribution in [0.2, 0.25) is 5.02 Å². The molecule has 1 heterocycles. The Morgan fingerprint density at radius 2 is 1.81 bits per heavy atom. The maximum Gasteiger partial charge on any atom is 0.256 e. The fraction of sp³-hybridized carbons (Fsp3) is 0.105. The maximum absolute atomic E-state index is 13.4. The Balaban J connectivity index is 1.99. The molecule has 3 aromatic rings. The number of nitrogens with one attached hydrogen (secondary N) is 2. The molecule has 0 aliphatic rings. The minimum absolute atomic E-state index is 0.254. The minimum atomic E-state index is -0.421. The van der Waals surface area contributed by atoms with Gasteiger partial charge in [-0.05, 0) is 43.3 Å². The standard InChI is InChI=1S/C19H15ClFN3O2/c1-10-7-14(13-5-3-11(21)8-17(13)23-10)19(26)24-12-4-6-16(20)15(9-12)18(25)22-2/h3-9H,1-2H3,(H,22,25)(H,24,26). The molecule has 0 saturated carbocycles. The van der Waals surface area contributed by atoms with Gasteiger partial charge in [0.15, 0.2) is 0 Å². The highest BCUT2D eigenvalue weighted by Gasteiger charge is 2.15. The summed E-state index contributed by atoms with van der Waals surface area (Å²) in [7, 11) is 1.49. The van der Waals surface area contributed by atoms with Crippen LogP contribution in [0.4, 0.5) is 10.1 Å². The van der Waals surface area contributed by atoms with E-state index in [1.54, 1.807) is 19.1 Å². The van der Waals surface area contributed by atoms with Gasteiger partial charge < -0.3 is 10.6 Å². The second-order valence-electron chi connectivity index (χ2n) is 5.70.